The summed E-state index contributed by atoms with van der Waals surface area (Å²) in [6, 6.07) is 0. The zero-order chi connectivity index (χ0) is 18.2. The van der Waals surface area contributed by atoms with Crippen molar-refractivity contribution in [3.05, 3.63) is 0 Å². The summed E-state index contributed by atoms with van der Waals surface area (Å²) < 4.78 is 0. The van der Waals surface area contributed by atoms with Crippen LogP contribution < -0.4 is 22.1 Å². The van der Waals surface area contributed by atoms with Gasteiger partial charge in [0, 0.05) is 32.5 Å². The molecule has 0 bridgehead atoms. The zero-order valence-corrected chi connectivity index (χ0v) is 15.5. The molecule has 0 saturated heterocycles. The van der Waals surface area contributed by atoms with E-state index in [9.17, 15) is 9.59 Å². The van der Waals surface area contributed by atoms with Crippen LogP contribution in [0.5, 0.6) is 0 Å². The summed E-state index contributed by atoms with van der Waals surface area (Å²) in [4.78, 5) is 23.4. The first kappa shape index (κ1) is 22.9. The highest BCUT2D eigenvalue weighted by Crippen LogP contribution is 2.05. The maximum atomic E-state index is 11.7. The SMILES string of the molecule is CC(CN)CCCNC(=O)CCCCC(=O)NCC(C)CCC[NH]. The number of carbonyl (C=O) groups is 2. The monoisotopic (exact) mass is 341 g/mol. The van der Waals surface area contributed by atoms with Gasteiger partial charge in [-0.2, -0.15) is 0 Å². The van der Waals surface area contributed by atoms with Crippen LogP contribution in [0.1, 0.15) is 65.2 Å². The van der Waals surface area contributed by atoms with E-state index in [2.05, 4.69) is 24.5 Å². The third-order valence-corrected chi connectivity index (χ3v) is 4.18. The molecule has 1 radical (unpaired) electrons. The molecule has 2 unspecified atom stereocenters. The maximum Gasteiger partial charge on any atom is 0.220 e. The van der Waals surface area contributed by atoms with Gasteiger partial charge in [0.15, 0.2) is 0 Å². The molecule has 0 saturated carbocycles. The van der Waals surface area contributed by atoms with Gasteiger partial charge in [-0.05, 0) is 56.9 Å². The molecule has 6 nitrogen and oxygen atoms in total. The average molecular weight is 342 g/mol. The fourth-order valence-corrected chi connectivity index (χ4v) is 2.38. The summed E-state index contributed by atoms with van der Waals surface area (Å²) in [7, 11) is 0. The van der Waals surface area contributed by atoms with Crippen LogP contribution in [0.4, 0.5) is 0 Å². The van der Waals surface area contributed by atoms with Gasteiger partial charge in [-0.1, -0.05) is 13.8 Å². The fraction of sp³-hybridized carbons (Fsp3) is 0.889. The Hall–Kier alpha value is -1.14. The van der Waals surface area contributed by atoms with Crippen molar-refractivity contribution >= 4 is 11.8 Å². The van der Waals surface area contributed by atoms with Gasteiger partial charge in [-0.25, -0.2) is 0 Å². The Morgan fingerprint density at radius 1 is 0.917 bits per heavy atom. The van der Waals surface area contributed by atoms with E-state index in [0.29, 0.717) is 50.9 Å². The molecule has 2 amide bonds. The average Bonchev–Trinajstić information content (AvgIpc) is 2.58. The normalized spacial score (nSPS) is 13.3. The summed E-state index contributed by atoms with van der Waals surface area (Å²) in [5, 5.41) is 5.84. The largest absolute Gasteiger partial charge is 0.356 e. The van der Waals surface area contributed by atoms with E-state index in [1.165, 1.54) is 0 Å². The van der Waals surface area contributed by atoms with E-state index in [1.807, 2.05) is 0 Å². The van der Waals surface area contributed by atoms with Crippen molar-refractivity contribution in [3.63, 3.8) is 0 Å². The minimum absolute atomic E-state index is 0.0592. The number of unbranched alkanes of at least 4 members (excludes halogenated alkanes) is 1. The van der Waals surface area contributed by atoms with E-state index >= 15 is 0 Å². The smallest absolute Gasteiger partial charge is 0.220 e. The number of hydrogen-bond donors (Lipinski definition) is 3. The lowest BCUT2D eigenvalue weighted by Gasteiger charge is -2.12. The van der Waals surface area contributed by atoms with Crippen molar-refractivity contribution < 1.29 is 9.59 Å². The molecule has 6 heteroatoms. The molecule has 0 spiro atoms. The maximum absolute atomic E-state index is 11.7. The number of nitrogens with two attached hydrogens (primary N) is 1. The lowest BCUT2D eigenvalue weighted by Crippen LogP contribution is -2.28. The Balaban J connectivity index is 3.50. The van der Waals surface area contributed by atoms with E-state index < -0.39 is 0 Å². The Morgan fingerprint density at radius 3 is 2.08 bits per heavy atom. The third kappa shape index (κ3) is 14.5. The van der Waals surface area contributed by atoms with E-state index in [1.54, 1.807) is 0 Å². The van der Waals surface area contributed by atoms with Gasteiger partial charge < -0.3 is 16.4 Å². The summed E-state index contributed by atoms with van der Waals surface area (Å²) in [6.45, 7) is 6.74. The summed E-state index contributed by atoms with van der Waals surface area (Å²) >= 11 is 0. The molecule has 0 heterocycles. The van der Waals surface area contributed by atoms with E-state index in [0.717, 1.165) is 38.5 Å². The molecule has 0 aromatic heterocycles. The first-order valence-corrected chi connectivity index (χ1v) is 9.37. The van der Waals surface area contributed by atoms with Crippen LogP contribution in [0, 0.1) is 11.8 Å². The van der Waals surface area contributed by atoms with Gasteiger partial charge in [0.25, 0.3) is 0 Å². The second kappa shape index (κ2) is 15.4. The summed E-state index contributed by atoms with van der Waals surface area (Å²) in [5.74, 6) is 1.06. The predicted octanol–water partition coefficient (Wildman–Crippen LogP) is 1.85. The summed E-state index contributed by atoms with van der Waals surface area (Å²) in [5.41, 5.74) is 12.7. The zero-order valence-electron chi connectivity index (χ0n) is 15.5. The number of carbonyl (C=O) groups excluding carboxylic acids is 2. The molecule has 0 aromatic carbocycles. The van der Waals surface area contributed by atoms with E-state index in [4.69, 9.17) is 11.5 Å². The molecule has 0 rings (SSSR count). The van der Waals surface area contributed by atoms with E-state index in [-0.39, 0.29) is 11.8 Å². The molecule has 0 aliphatic rings. The molecule has 0 fully saturated rings. The van der Waals surface area contributed by atoms with Crippen molar-refractivity contribution in [1.29, 1.82) is 0 Å². The minimum Gasteiger partial charge on any atom is -0.356 e. The van der Waals surface area contributed by atoms with Crippen LogP contribution in [0.15, 0.2) is 0 Å². The highest BCUT2D eigenvalue weighted by Gasteiger charge is 2.07. The first-order chi connectivity index (χ1) is 11.5. The Bertz CT molecular complexity index is 337. The Labute approximate surface area is 147 Å². The second-order valence-electron chi connectivity index (χ2n) is 6.84. The highest BCUT2D eigenvalue weighted by molar-refractivity contribution is 5.77. The number of rotatable bonds is 15. The fourth-order valence-electron chi connectivity index (χ4n) is 2.38. The lowest BCUT2D eigenvalue weighted by atomic mass is 10.1. The summed E-state index contributed by atoms with van der Waals surface area (Å²) in [6.07, 6.45) is 6.32. The quantitative estimate of drug-likeness (QED) is 0.396. The van der Waals surface area contributed by atoms with Gasteiger partial charge in [-0.15, -0.1) is 0 Å². The van der Waals surface area contributed by atoms with Crippen molar-refractivity contribution in [2.75, 3.05) is 26.2 Å². The molecule has 24 heavy (non-hydrogen) atoms. The molecular formula is C18H37N4O2. The van der Waals surface area contributed by atoms with Gasteiger partial charge in [-0.3, -0.25) is 15.3 Å². The number of hydrogen-bond acceptors (Lipinski definition) is 3. The van der Waals surface area contributed by atoms with Crippen LogP contribution >= 0.6 is 0 Å². The topological polar surface area (TPSA) is 108 Å². The molecule has 0 aliphatic heterocycles. The third-order valence-electron chi connectivity index (χ3n) is 4.18. The molecule has 0 aliphatic carbocycles. The molecule has 2 atom stereocenters. The first-order valence-electron chi connectivity index (χ1n) is 9.37. The second-order valence-corrected chi connectivity index (χ2v) is 6.84. The van der Waals surface area contributed by atoms with Crippen molar-refractivity contribution in [1.82, 2.24) is 16.4 Å². The highest BCUT2D eigenvalue weighted by atomic mass is 16.2. The van der Waals surface area contributed by atoms with Gasteiger partial charge >= 0.3 is 0 Å². The molecule has 141 valence electrons. The van der Waals surface area contributed by atoms with Crippen LogP contribution in [-0.2, 0) is 9.59 Å². The van der Waals surface area contributed by atoms with Crippen LogP contribution in [0.2, 0.25) is 0 Å². The minimum atomic E-state index is 0.0592. The molecule has 0 aromatic rings. The molecule has 5 N–H and O–H groups in total. The van der Waals surface area contributed by atoms with Crippen molar-refractivity contribution in [2.24, 2.45) is 17.6 Å². The van der Waals surface area contributed by atoms with Gasteiger partial charge in [0.2, 0.25) is 11.8 Å². The van der Waals surface area contributed by atoms with Crippen LogP contribution in [0.3, 0.4) is 0 Å². The standard InChI is InChI=1S/C18H37N4O2/c1-15(13-20)8-6-12-21-17(23)9-3-4-10-18(24)22-14-16(2)7-5-11-19/h15-16,19H,3-14,20H2,1-2H3,(H,21,23)(H,22,24). The van der Waals surface area contributed by atoms with Crippen LogP contribution in [0.25, 0.3) is 0 Å². The Kier molecular flexibility index (Phi) is 14.7. The van der Waals surface area contributed by atoms with Crippen LogP contribution in [-0.4, -0.2) is 38.0 Å². The van der Waals surface area contributed by atoms with Crippen molar-refractivity contribution in [2.45, 2.75) is 65.2 Å². The lowest BCUT2D eigenvalue weighted by molar-refractivity contribution is -0.123. The van der Waals surface area contributed by atoms with Gasteiger partial charge in [0.05, 0.1) is 0 Å². The molecular weight excluding hydrogens is 304 g/mol. The Morgan fingerprint density at radius 2 is 1.50 bits per heavy atom. The number of amides is 2. The van der Waals surface area contributed by atoms with Crippen molar-refractivity contribution in [3.8, 4) is 0 Å². The number of nitrogens with one attached hydrogen (secondary N) is 3. The van der Waals surface area contributed by atoms with Gasteiger partial charge in [0.1, 0.15) is 0 Å². The predicted molar refractivity (Wildman–Crippen MR) is 98.3 cm³/mol.